The molecule has 0 aliphatic rings. The quantitative estimate of drug-likeness (QED) is 0.282. The van der Waals surface area contributed by atoms with E-state index in [1.54, 1.807) is 23.9 Å². The van der Waals surface area contributed by atoms with Crippen LogP contribution in [0.4, 0.5) is 13.2 Å². The molecule has 2 N–H and O–H groups in total. The molecule has 0 amide bonds. The molecule has 1 unspecified atom stereocenters. The maximum Gasteiger partial charge on any atom is 0.416 e. The van der Waals surface area contributed by atoms with Gasteiger partial charge < -0.3 is 10.6 Å². The highest BCUT2D eigenvalue weighted by Gasteiger charge is 2.30. The third-order valence-corrected chi connectivity index (χ3v) is 4.87. The molecule has 0 spiro atoms. The number of nitrogens with zero attached hydrogens (tertiary/aromatic N) is 5. The van der Waals surface area contributed by atoms with Gasteiger partial charge in [-0.3, -0.25) is 9.58 Å². The van der Waals surface area contributed by atoms with Crippen molar-refractivity contribution in [2.75, 3.05) is 26.2 Å². The molecule has 0 aliphatic carbocycles. The highest BCUT2D eigenvalue weighted by atomic mass is 127. The number of aliphatic imine (C=N–C) groups is 1. The number of benzene rings is 1. The van der Waals surface area contributed by atoms with Crippen LogP contribution in [0, 0.1) is 0 Å². The first kappa shape index (κ1) is 27.1. The Morgan fingerprint density at radius 2 is 1.77 bits per heavy atom. The Balaban J connectivity index is 0.00000480. The van der Waals surface area contributed by atoms with Crippen LogP contribution in [-0.4, -0.2) is 51.8 Å². The van der Waals surface area contributed by atoms with Crippen LogP contribution in [0.3, 0.4) is 0 Å². The summed E-state index contributed by atoms with van der Waals surface area (Å²) in [6.45, 7) is 9.13. The van der Waals surface area contributed by atoms with Crippen molar-refractivity contribution in [2.24, 2.45) is 12.0 Å². The summed E-state index contributed by atoms with van der Waals surface area (Å²) < 4.78 is 40.4. The number of nitrogens with one attached hydrogen (secondary N) is 2. The fourth-order valence-electron chi connectivity index (χ4n) is 3.16. The molecule has 2 aromatic rings. The number of likely N-dealkylation sites (N-methyl/N-ethyl adjacent to an activating group) is 1. The summed E-state index contributed by atoms with van der Waals surface area (Å²) in [4.78, 5) is 10.9. The zero-order chi connectivity index (χ0) is 22.1. The molecule has 2 rings (SSSR count). The van der Waals surface area contributed by atoms with Crippen LogP contribution in [0.1, 0.15) is 43.8 Å². The van der Waals surface area contributed by atoms with E-state index in [9.17, 15) is 13.2 Å². The molecule has 0 radical (unpaired) electrons. The van der Waals surface area contributed by atoms with E-state index in [0.29, 0.717) is 25.6 Å². The van der Waals surface area contributed by atoms with Crippen molar-refractivity contribution in [1.29, 1.82) is 0 Å². The Kier molecular flexibility index (Phi) is 11.2. The van der Waals surface area contributed by atoms with Gasteiger partial charge in [-0.15, -0.1) is 24.0 Å². The van der Waals surface area contributed by atoms with E-state index < -0.39 is 11.7 Å². The van der Waals surface area contributed by atoms with Crippen LogP contribution in [-0.2, 0) is 19.8 Å². The lowest BCUT2D eigenvalue weighted by Crippen LogP contribution is -2.43. The van der Waals surface area contributed by atoms with Crippen LogP contribution in [0.2, 0.25) is 0 Å². The van der Waals surface area contributed by atoms with Crippen molar-refractivity contribution in [1.82, 2.24) is 30.3 Å². The molecule has 1 heterocycles. The van der Waals surface area contributed by atoms with Gasteiger partial charge in [-0.1, -0.05) is 26.0 Å². The number of hydrogen-bond acceptors (Lipinski definition) is 4. The van der Waals surface area contributed by atoms with E-state index in [1.807, 2.05) is 20.8 Å². The molecule has 11 heteroatoms. The average molecular weight is 553 g/mol. The largest absolute Gasteiger partial charge is 0.416 e. The molecule has 7 nitrogen and oxygen atoms in total. The van der Waals surface area contributed by atoms with E-state index in [4.69, 9.17) is 0 Å². The second-order valence-electron chi connectivity index (χ2n) is 6.73. The summed E-state index contributed by atoms with van der Waals surface area (Å²) >= 11 is 0. The molecule has 1 aromatic carbocycles. The Labute approximate surface area is 198 Å². The van der Waals surface area contributed by atoms with Crippen molar-refractivity contribution < 1.29 is 13.2 Å². The summed E-state index contributed by atoms with van der Waals surface area (Å²) in [5.74, 6) is 1.35. The fourth-order valence-corrected chi connectivity index (χ4v) is 3.16. The van der Waals surface area contributed by atoms with Gasteiger partial charge >= 0.3 is 6.18 Å². The summed E-state index contributed by atoms with van der Waals surface area (Å²) in [6, 6.07) is 5.29. The van der Waals surface area contributed by atoms with Crippen molar-refractivity contribution in [3.8, 4) is 0 Å². The number of aryl methyl sites for hydroxylation is 1. The fraction of sp³-hybridized carbons (Fsp3) is 0.550. The van der Waals surface area contributed by atoms with Crippen molar-refractivity contribution >= 4 is 29.9 Å². The zero-order valence-electron chi connectivity index (χ0n) is 18.3. The molecule has 1 atom stereocenters. The second kappa shape index (κ2) is 12.8. The first-order chi connectivity index (χ1) is 14.3. The summed E-state index contributed by atoms with van der Waals surface area (Å²) in [5.41, 5.74) is 0.180. The SMILES string of the molecule is CCNC(=NCc1ncnn1C)NCC(c1ccc(C(F)(F)F)cc1)N(CC)CC.I. The van der Waals surface area contributed by atoms with E-state index in [-0.39, 0.29) is 30.0 Å². The van der Waals surface area contributed by atoms with Gasteiger partial charge in [0, 0.05) is 20.1 Å². The summed E-state index contributed by atoms with van der Waals surface area (Å²) in [7, 11) is 1.80. The predicted molar refractivity (Wildman–Crippen MR) is 126 cm³/mol. The van der Waals surface area contributed by atoms with Crippen molar-refractivity contribution in [3.05, 3.63) is 47.5 Å². The molecule has 174 valence electrons. The average Bonchev–Trinajstić information content (AvgIpc) is 3.13. The second-order valence-corrected chi connectivity index (χ2v) is 6.73. The van der Waals surface area contributed by atoms with Gasteiger partial charge in [0.2, 0.25) is 0 Å². The molecule has 1 aromatic heterocycles. The Morgan fingerprint density at radius 3 is 2.26 bits per heavy atom. The minimum Gasteiger partial charge on any atom is -0.357 e. The maximum absolute atomic E-state index is 12.9. The van der Waals surface area contributed by atoms with E-state index in [0.717, 1.165) is 36.6 Å². The van der Waals surface area contributed by atoms with E-state index in [1.165, 1.54) is 6.33 Å². The van der Waals surface area contributed by atoms with Crippen LogP contribution in [0.5, 0.6) is 0 Å². The maximum atomic E-state index is 12.9. The minimum absolute atomic E-state index is 0. The number of halogens is 4. The molecule has 0 bridgehead atoms. The minimum atomic E-state index is -4.34. The predicted octanol–water partition coefficient (Wildman–Crippen LogP) is 3.59. The van der Waals surface area contributed by atoms with E-state index >= 15 is 0 Å². The first-order valence-electron chi connectivity index (χ1n) is 10.1. The zero-order valence-corrected chi connectivity index (χ0v) is 20.6. The Morgan fingerprint density at radius 1 is 1.13 bits per heavy atom. The highest BCUT2D eigenvalue weighted by Crippen LogP contribution is 2.30. The van der Waals surface area contributed by atoms with Gasteiger partial charge in [0.1, 0.15) is 18.7 Å². The van der Waals surface area contributed by atoms with Gasteiger partial charge in [-0.25, -0.2) is 9.98 Å². The summed E-state index contributed by atoms with van der Waals surface area (Å²) in [5, 5.41) is 10.5. The number of rotatable bonds is 9. The molecule has 0 fully saturated rings. The standard InChI is InChI=1S/C20H30F3N7.HI/c1-5-24-19(26-13-18-27-14-28-29(18)4)25-12-17(30(6-2)7-3)15-8-10-16(11-9-15)20(21,22)23;/h8-11,14,17H,5-7,12-13H2,1-4H3,(H2,24,25,26);1H. The first-order valence-corrected chi connectivity index (χ1v) is 10.1. The monoisotopic (exact) mass is 553 g/mol. The third kappa shape index (κ3) is 7.95. The number of hydrogen-bond donors (Lipinski definition) is 2. The van der Waals surface area contributed by atoms with Gasteiger partial charge in [0.05, 0.1) is 11.6 Å². The van der Waals surface area contributed by atoms with Gasteiger partial charge in [0.25, 0.3) is 0 Å². The lowest BCUT2D eigenvalue weighted by molar-refractivity contribution is -0.137. The molecule has 0 saturated heterocycles. The number of alkyl halides is 3. The van der Waals surface area contributed by atoms with Crippen LogP contribution < -0.4 is 10.6 Å². The van der Waals surface area contributed by atoms with Crippen molar-refractivity contribution in [3.63, 3.8) is 0 Å². The van der Waals surface area contributed by atoms with E-state index in [2.05, 4.69) is 30.6 Å². The third-order valence-electron chi connectivity index (χ3n) is 4.87. The molecule has 0 aliphatic heterocycles. The topological polar surface area (TPSA) is 70.4 Å². The molecule has 0 saturated carbocycles. The van der Waals surface area contributed by atoms with Gasteiger partial charge in [-0.05, 0) is 37.7 Å². The van der Waals surface area contributed by atoms with Gasteiger partial charge in [0.15, 0.2) is 5.96 Å². The molecular formula is C20H31F3IN7. The van der Waals surface area contributed by atoms with Gasteiger partial charge in [-0.2, -0.15) is 18.3 Å². The van der Waals surface area contributed by atoms with Crippen molar-refractivity contribution in [2.45, 2.75) is 39.5 Å². The highest BCUT2D eigenvalue weighted by molar-refractivity contribution is 14.0. The Hall–Kier alpha value is -1.89. The number of aromatic nitrogens is 3. The normalized spacial score (nSPS) is 13.1. The number of guanidine groups is 1. The molecular weight excluding hydrogens is 522 g/mol. The Bertz CT molecular complexity index is 802. The van der Waals surface area contributed by atoms with Crippen LogP contribution in [0.15, 0.2) is 35.6 Å². The lowest BCUT2D eigenvalue weighted by Gasteiger charge is -2.31. The smallest absolute Gasteiger partial charge is 0.357 e. The summed E-state index contributed by atoms with van der Waals surface area (Å²) in [6.07, 6.45) is -2.86. The van der Waals surface area contributed by atoms with Crippen LogP contribution in [0.25, 0.3) is 0 Å². The lowest BCUT2D eigenvalue weighted by atomic mass is 10.0. The van der Waals surface area contributed by atoms with Crippen LogP contribution >= 0.6 is 24.0 Å². The molecule has 31 heavy (non-hydrogen) atoms.